The van der Waals surface area contributed by atoms with Gasteiger partial charge in [-0.05, 0) is 12.3 Å². The number of carbonyl (C=O) groups excluding carboxylic acids is 1. The van der Waals surface area contributed by atoms with Crippen LogP contribution in [0.4, 0.5) is 0 Å². The lowest BCUT2D eigenvalue weighted by Gasteiger charge is -2.14. The molecule has 1 fully saturated rings. The zero-order valence-corrected chi connectivity index (χ0v) is 7.39. The number of carbonyl (C=O) groups is 1. The van der Waals surface area contributed by atoms with Crippen LogP contribution in [0.5, 0.6) is 0 Å². The van der Waals surface area contributed by atoms with Gasteiger partial charge in [0.05, 0.1) is 0 Å². The van der Waals surface area contributed by atoms with Gasteiger partial charge in [-0.1, -0.05) is 26.7 Å². The van der Waals surface area contributed by atoms with Crippen molar-refractivity contribution in [2.45, 2.75) is 33.1 Å². The molecule has 1 aliphatic heterocycles. The summed E-state index contributed by atoms with van der Waals surface area (Å²) in [5, 5.41) is 2.87. The molecule has 1 amide bonds. The molecule has 0 bridgehead atoms. The van der Waals surface area contributed by atoms with Gasteiger partial charge in [0.2, 0.25) is 5.91 Å². The minimum atomic E-state index is 0.269. The first-order valence-electron chi connectivity index (χ1n) is 4.53. The Kier molecular flexibility index (Phi) is 2.92. The Morgan fingerprint density at radius 3 is 2.91 bits per heavy atom. The molecule has 1 aliphatic rings. The molecule has 0 aromatic heterocycles. The molecule has 0 aliphatic carbocycles. The Morgan fingerprint density at radius 2 is 2.45 bits per heavy atom. The van der Waals surface area contributed by atoms with Gasteiger partial charge >= 0.3 is 0 Å². The van der Waals surface area contributed by atoms with Gasteiger partial charge in [0.15, 0.2) is 0 Å². The molecule has 11 heavy (non-hydrogen) atoms. The van der Waals surface area contributed by atoms with Crippen molar-refractivity contribution in [3.8, 4) is 0 Å². The van der Waals surface area contributed by atoms with Gasteiger partial charge < -0.3 is 5.32 Å². The van der Waals surface area contributed by atoms with E-state index in [-0.39, 0.29) is 5.91 Å². The molecule has 1 rings (SSSR count). The Balaban J connectivity index is 2.39. The SMILES string of the molecule is CCCC(C)C1CCNC1=O. The van der Waals surface area contributed by atoms with Gasteiger partial charge in [-0.3, -0.25) is 4.79 Å². The second kappa shape index (κ2) is 3.74. The van der Waals surface area contributed by atoms with Crippen molar-refractivity contribution in [2.24, 2.45) is 11.8 Å². The van der Waals surface area contributed by atoms with Crippen LogP contribution in [-0.2, 0) is 4.79 Å². The predicted molar refractivity (Wildman–Crippen MR) is 45.2 cm³/mol. The summed E-state index contributed by atoms with van der Waals surface area (Å²) in [5.74, 6) is 1.14. The summed E-state index contributed by atoms with van der Waals surface area (Å²) in [6.07, 6.45) is 3.41. The van der Waals surface area contributed by atoms with Crippen molar-refractivity contribution in [1.82, 2.24) is 5.32 Å². The first-order valence-corrected chi connectivity index (χ1v) is 4.53. The molecule has 2 atom stereocenters. The standard InChI is InChI=1S/C9H17NO/c1-3-4-7(2)8-5-6-10-9(8)11/h7-8H,3-6H2,1-2H3,(H,10,11). The van der Waals surface area contributed by atoms with E-state index in [4.69, 9.17) is 0 Å². The number of nitrogens with one attached hydrogen (secondary N) is 1. The molecular weight excluding hydrogens is 138 g/mol. The van der Waals surface area contributed by atoms with E-state index >= 15 is 0 Å². The van der Waals surface area contributed by atoms with Gasteiger partial charge in [0, 0.05) is 12.5 Å². The first kappa shape index (κ1) is 8.57. The molecule has 64 valence electrons. The van der Waals surface area contributed by atoms with Gasteiger partial charge in [0.1, 0.15) is 0 Å². The van der Waals surface area contributed by atoms with E-state index in [9.17, 15) is 4.79 Å². The van der Waals surface area contributed by atoms with Crippen LogP contribution < -0.4 is 5.32 Å². The molecule has 2 unspecified atom stereocenters. The number of hydrogen-bond donors (Lipinski definition) is 1. The molecule has 1 heterocycles. The summed E-state index contributed by atoms with van der Waals surface area (Å²) in [6, 6.07) is 0. The Labute approximate surface area is 68.4 Å². The number of hydrogen-bond acceptors (Lipinski definition) is 1. The molecule has 0 aromatic carbocycles. The highest BCUT2D eigenvalue weighted by atomic mass is 16.2. The maximum absolute atomic E-state index is 11.2. The molecule has 0 saturated carbocycles. The zero-order valence-electron chi connectivity index (χ0n) is 7.39. The second-order valence-electron chi connectivity index (χ2n) is 3.45. The van der Waals surface area contributed by atoms with Crippen molar-refractivity contribution < 1.29 is 4.79 Å². The van der Waals surface area contributed by atoms with Crippen molar-refractivity contribution in [3.63, 3.8) is 0 Å². The first-order chi connectivity index (χ1) is 5.25. The van der Waals surface area contributed by atoms with E-state index < -0.39 is 0 Å². The third kappa shape index (κ3) is 1.95. The average Bonchev–Trinajstić information content (AvgIpc) is 2.36. The summed E-state index contributed by atoms with van der Waals surface area (Å²) in [4.78, 5) is 11.2. The van der Waals surface area contributed by atoms with Crippen LogP contribution in [-0.4, -0.2) is 12.5 Å². The van der Waals surface area contributed by atoms with Gasteiger partial charge in [-0.15, -0.1) is 0 Å². The molecule has 1 saturated heterocycles. The molecule has 0 radical (unpaired) electrons. The van der Waals surface area contributed by atoms with Crippen LogP contribution in [0.25, 0.3) is 0 Å². The quantitative estimate of drug-likeness (QED) is 0.658. The van der Waals surface area contributed by atoms with Crippen molar-refractivity contribution >= 4 is 5.91 Å². The summed E-state index contributed by atoms with van der Waals surface area (Å²) in [5.41, 5.74) is 0. The lowest BCUT2D eigenvalue weighted by atomic mass is 9.89. The van der Waals surface area contributed by atoms with Crippen LogP contribution in [0, 0.1) is 11.8 Å². The van der Waals surface area contributed by atoms with Crippen LogP contribution >= 0.6 is 0 Å². The fraction of sp³-hybridized carbons (Fsp3) is 0.889. The third-order valence-electron chi connectivity index (χ3n) is 2.52. The van der Waals surface area contributed by atoms with E-state index in [0.29, 0.717) is 11.8 Å². The van der Waals surface area contributed by atoms with E-state index in [1.807, 2.05) is 0 Å². The van der Waals surface area contributed by atoms with E-state index in [1.54, 1.807) is 0 Å². The Bertz CT molecular complexity index is 144. The fourth-order valence-corrected chi connectivity index (χ4v) is 1.81. The summed E-state index contributed by atoms with van der Waals surface area (Å²) < 4.78 is 0. The second-order valence-corrected chi connectivity index (χ2v) is 3.45. The smallest absolute Gasteiger partial charge is 0.223 e. The van der Waals surface area contributed by atoms with E-state index in [0.717, 1.165) is 13.0 Å². The normalized spacial score (nSPS) is 26.7. The average molecular weight is 155 g/mol. The summed E-state index contributed by atoms with van der Waals surface area (Å²) in [6.45, 7) is 5.24. The third-order valence-corrected chi connectivity index (χ3v) is 2.52. The predicted octanol–water partition coefficient (Wildman–Crippen LogP) is 1.56. The molecular formula is C9H17NO. The van der Waals surface area contributed by atoms with Crippen LogP contribution in [0.3, 0.4) is 0 Å². The Morgan fingerprint density at radius 1 is 1.73 bits per heavy atom. The monoisotopic (exact) mass is 155 g/mol. The Hall–Kier alpha value is -0.530. The molecule has 2 nitrogen and oxygen atoms in total. The molecule has 1 N–H and O–H groups in total. The molecule has 0 aromatic rings. The highest BCUT2D eigenvalue weighted by Gasteiger charge is 2.28. The summed E-state index contributed by atoms with van der Waals surface area (Å²) >= 11 is 0. The van der Waals surface area contributed by atoms with E-state index in [1.165, 1.54) is 12.8 Å². The van der Waals surface area contributed by atoms with E-state index in [2.05, 4.69) is 19.2 Å². The van der Waals surface area contributed by atoms with Gasteiger partial charge in [0.25, 0.3) is 0 Å². The summed E-state index contributed by atoms with van der Waals surface area (Å²) in [7, 11) is 0. The molecule has 0 spiro atoms. The number of rotatable bonds is 3. The molecule has 2 heteroatoms. The van der Waals surface area contributed by atoms with Crippen LogP contribution in [0.1, 0.15) is 33.1 Å². The van der Waals surface area contributed by atoms with Crippen molar-refractivity contribution in [1.29, 1.82) is 0 Å². The largest absolute Gasteiger partial charge is 0.356 e. The van der Waals surface area contributed by atoms with Crippen molar-refractivity contribution in [3.05, 3.63) is 0 Å². The minimum Gasteiger partial charge on any atom is -0.356 e. The lowest BCUT2D eigenvalue weighted by Crippen LogP contribution is -2.23. The maximum atomic E-state index is 11.2. The van der Waals surface area contributed by atoms with Crippen LogP contribution in [0.15, 0.2) is 0 Å². The highest BCUT2D eigenvalue weighted by molar-refractivity contribution is 5.80. The zero-order chi connectivity index (χ0) is 8.27. The van der Waals surface area contributed by atoms with Gasteiger partial charge in [-0.25, -0.2) is 0 Å². The maximum Gasteiger partial charge on any atom is 0.223 e. The lowest BCUT2D eigenvalue weighted by molar-refractivity contribution is -0.123. The minimum absolute atomic E-state index is 0.269. The highest BCUT2D eigenvalue weighted by Crippen LogP contribution is 2.23. The number of amides is 1. The fourth-order valence-electron chi connectivity index (χ4n) is 1.81. The van der Waals surface area contributed by atoms with Gasteiger partial charge in [-0.2, -0.15) is 0 Å². The van der Waals surface area contributed by atoms with Crippen molar-refractivity contribution in [2.75, 3.05) is 6.54 Å². The topological polar surface area (TPSA) is 29.1 Å². The van der Waals surface area contributed by atoms with Crippen LogP contribution in [0.2, 0.25) is 0 Å².